The van der Waals surface area contributed by atoms with Crippen molar-refractivity contribution in [3.63, 3.8) is 0 Å². The van der Waals surface area contributed by atoms with Gasteiger partial charge in [-0.3, -0.25) is 0 Å². The smallest absolute Gasteiger partial charge is 0.0294 e. The summed E-state index contributed by atoms with van der Waals surface area (Å²) in [6.07, 6.45) is 11.5. The van der Waals surface area contributed by atoms with Crippen LogP contribution in [0, 0.1) is 5.41 Å². The number of unbranched alkanes of at least 4 members (excludes halogenated alkanes) is 6. The zero-order valence-electron chi connectivity index (χ0n) is 13.4. The molecule has 1 aromatic rings. The molecule has 0 atom stereocenters. The van der Waals surface area contributed by atoms with Crippen molar-refractivity contribution < 1.29 is 0 Å². The van der Waals surface area contributed by atoms with Crippen molar-refractivity contribution in [1.82, 2.24) is 0 Å². The number of halogens is 2. The molecule has 0 N–H and O–H groups in total. The van der Waals surface area contributed by atoms with Crippen molar-refractivity contribution in [2.45, 2.75) is 64.7 Å². The van der Waals surface area contributed by atoms with Crippen LogP contribution in [0.5, 0.6) is 0 Å². The zero-order valence-corrected chi connectivity index (χ0v) is 14.9. The van der Waals surface area contributed by atoms with Crippen LogP contribution in [0.1, 0.15) is 63.9 Å². The second-order valence-electron chi connectivity index (χ2n) is 6.30. The molecule has 0 unspecified atom stereocenters. The molecule has 0 spiro atoms. The second-order valence-corrected chi connectivity index (χ2v) is 6.84. The molecule has 0 aliphatic heterocycles. The summed E-state index contributed by atoms with van der Waals surface area (Å²) in [7, 11) is 0. The maximum Gasteiger partial charge on any atom is 0.0294 e. The Hall–Kier alpha value is -0.200. The van der Waals surface area contributed by atoms with E-state index in [0.717, 1.165) is 12.8 Å². The summed E-state index contributed by atoms with van der Waals surface area (Å²) in [4.78, 5) is 0. The minimum absolute atomic E-state index is 0.0634. The summed E-state index contributed by atoms with van der Waals surface area (Å²) < 4.78 is 0. The normalized spacial score (nSPS) is 11.8. The van der Waals surface area contributed by atoms with Crippen molar-refractivity contribution in [3.8, 4) is 0 Å². The predicted molar refractivity (Wildman–Crippen MR) is 96.6 cm³/mol. The Bertz CT molecular complexity index is 344. The highest BCUT2D eigenvalue weighted by molar-refractivity contribution is 6.21. The fourth-order valence-electron chi connectivity index (χ4n) is 2.84. The Labute approximate surface area is 141 Å². The molecule has 1 aromatic carbocycles. The summed E-state index contributed by atoms with van der Waals surface area (Å²) in [5, 5.41) is 0. The lowest BCUT2D eigenvalue weighted by Gasteiger charge is -2.30. The molecule has 0 bridgehead atoms. The van der Waals surface area contributed by atoms with E-state index in [9.17, 15) is 0 Å². The lowest BCUT2D eigenvalue weighted by Crippen LogP contribution is -2.28. The van der Waals surface area contributed by atoms with Crippen LogP contribution in [0.2, 0.25) is 0 Å². The predicted octanol–water partition coefficient (Wildman–Crippen LogP) is 6.83. The summed E-state index contributed by atoms with van der Waals surface area (Å²) >= 11 is 12.5. The maximum absolute atomic E-state index is 6.27. The maximum atomic E-state index is 6.27. The van der Waals surface area contributed by atoms with E-state index in [0.29, 0.717) is 11.8 Å². The van der Waals surface area contributed by atoms with Gasteiger partial charge in [0.25, 0.3) is 0 Å². The van der Waals surface area contributed by atoms with E-state index >= 15 is 0 Å². The van der Waals surface area contributed by atoms with Crippen LogP contribution in [-0.4, -0.2) is 11.8 Å². The molecule has 1 rings (SSSR count). The quantitative estimate of drug-likeness (QED) is 0.291. The lowest BCUT2D eigenvalue weighted by molar-refractivity contribution is 0.327. The molecular formula is C19H30Cl2. The number of alkyl halides is 2. The standard InChI is InChI=1S/C19H30Cl2/c1-2-3-4-5-6-7-11-14-19(16-20,17-21)15-18-12-9-8-10-13-18/h8-10,12-13H,2-7,11,14-17H2,1H3. The number of hydrogen-bond donors (Lipinski definition) is 0. The van der Waals surface area contributed by atoms with Crippen LogP contribution in [0.15, 0.2) is 30.3 Å². The van der Waals surface area contributed by atoms with Crippen LogP contribution in [0.4, 0.5) is 0 Å². The molecule has 0 saturated carbocycles. The van der Waals surface area contributed by atoms with E-state index in [4.69, 9.17) is 23.2 Å². The van der Waals surface area contributed by atoms with Gasteiger partial charge in [0.1, 0.15) is 0 Å². The molecule has 0 heterocycles. The van der Waals surface area contributed by atoms with Gasteiger partial charge in [-0.25, -0.2) is 0 Å². The molecule has 0 aromatic heterocycles. The van der Waals surface area contributed by atoms with E-state index in [2.05, 4.69) is 37.3 Å². The van der Waals surface area contributed by atoms with E-state index in [-0.39, 0.29) is 5.41 Å². The van der Waals surface area contributed by atoms with Gasteiger partial charge in [0, 0.05) is 17.2 Å². The highest BCUT2D eigenvalue weighted by atomic mass is 35.5. The second kappa shape index (κ2) is 11.4. The van der Waals surface area contributed by atoms with Crippen LogP contribution in [0.3, 0.4) is 0 Å². The molecule has 0 amide bonds. The zero-order chi connectivity index (χ0) is 15.4. The first-order valence-corrected chi connectivity index (χ1v) is 9.49. The number of rotatable bonds is 12. The molecule has 120 valence electrons. The molecule has 21 heavy (non-hydrogen) atoms. The van der Waals surface area contributed by atoms with Crippen LogP contribution in [-0.2, 0) is 6.42 Å². The van der Waals surface area contributed by atoms with E-state index < -0.39 is 0 Å². The van der Waals surface area contributed by atoms with Gasteiger partial charge in [0.2, 0.25) is 0 Å². The van der Waals surface area contributed by atoms with Gasteiger partial charge in [-0.15, -0.1) is 23.2 Å². The van der Waals surface area contributed by atoms with Crippen LogP contribution < -0.4 is 0 Å². The van der Waals surface area contributed by atoms with Crippen molar-refractivity contribution in [2.24, 2.45) is 5.41 Å². The van der Waals surface area contributed by atoms with Gasteiger partial charge < -0.3 is 0 Å². The van der Waals surface area contributed by atoms with Crippen molar-refractivity contribution in [1.29, 1.82) is 0 Å². The molecule has 0 fully saturated rings. The topological polar surface area (TPSA) is 0 Å². The largest absolute Gasteiger partial charge is 0.126 e. The third-order valence-electron chi connectivity index (χ3n) is 4.30. The van der Waals surface area contributed by atoms with E-state index in [1.807, 2.05) is 0 Å². The summed E-state index contributed by atoms with van der Waals surface area (Å²) in [6, 6.07) is 10.6. The van der Waals surface area contributed by atoms with Gasteiger partial charge in [0.05, 0.1) is 0 Å². The Morgan fingerprint density at radius 2 is 1.38 bits per heavy atom. The fourth-order valence-corrected chi connectivity index (χ4v) is 3.58. The lowest BCUT2D eigenvalue weighted by atomic mass is 9.80. The highest BCUT2D eigenvalue weighted by Gasteiger charge is 2.28. The molecule has 0 radical (unpaired) electrons. The molecular weight excluding hydrogens is 299 g/mol. The molecule has 2 heteroatoms. The van der Waals surface area contributed by atoms with Gasteiger partial charge in [0.15, 0.2) is 0 Å². The Morgan fingerprint density at radius 1 is 0.810 bits per heavy atom. The van der Waals surface area contributed by atoms with Crippen molar-refractivity contribution >= 4 is 23.2 Å². The molecule has 0 saturated heterocycles. The Morgan fingerprint density at radius 3 is 1.95 bits per heavy atom. The van der Waals surface area contributed by atoms with Crippen LogP contribution in [0.25, 0.3) is 0 Å². The van der Waals surface area contributed by atoms with E-state index in [1.165, 1.54) is 50.5 Å². The molecule has 0 aliphatic rings. The third-order valence-corrected chi connectivity index (χ3v) is 5.43. The summed E-state index contributed by atoms with van der Waals surface area (Å²) in [5.74, 6) is 1.31. The monoisotopic (exact) mass is 328 g/mol. The number of benzene rings is 1. The fraction of sp³-hybridized carbons (Fsp3) is 0.684. The van der Waals surface area contributed by atoms with Gasteiger partial charge in [-0.1, -0.05) is 82.2 Å². The van der Waals surface area contributed by atoms with Crippen molar-refractivity contribution in [3.05, 3.63) is 35.9 Å². The summed E-state index contributed by atoms with van der Waals surface area (Å²) in [6.45, 7) is 2.26. The van der Waals surface area contributed by atoms with Gasteiger partial charge in [-0.2, -0.15) is 0 Å². The first-order valence-electron chi connectivity index (χ1n) is 8.42. The highest BCUT2D eigenvalue weighted by Crippen LogP contribution is 2.33. The minimum atomic E-state index is 0.0634. The Kier molecular flexibility index (Phi) is 10.2. The number of hydrogen-bond acceptors (Lipinski definition) is 0. The molecule has 0 nitrogen and oxygen atoms in total. The van der Waals surface area contributed by atoms with Crippen molar-refractivity contribution in [2.75, 3.05) is 11.8 Å². The van der Waals surface area contributed by atoms with E-state index in [1.54, 1.807) is 0 Å². The van der Waals surface area contributed by atoms with Gasteiger partial charge in [-0.05, 0) is 18.4 Å². The van der Waals surface area contributed by atoms with Gasteiger partial charge >= 0.3 is 0 Å². The first kappa shape index (κ1) is 18.8. The average Bonchev–Trinajstić information content (AvgIpc) is 2.54. The molecule has 0 aliphatic carbocycles. The SMILES string of the molecule is CCCCCCCCCC(CCl)(CCl)Cc1ccccc1. The third kappa shape index (κ3) is 7.56. The average molecular weight is 329 g/mol. The summed E-state index contributed by atoms with van der Waals surface area (Å²) in [5.41, 5.74) is 1.41. The Balaban J connectivity index is 2.35. The first-order chi connectivity index (χ1) is 10.3. The minimum Gasteiger partial charge on any atom is -0.126 e. The van der Waals surface area contributed by atoms with Crippen LogP contribution >= 0.6 is 23.2 Å².